The molecule has 0 aliphatic carbocycles. The smallest absolute Gasteiger partial charge is 0.300 e. The first-order valence-electron chi connectivity index (χ1n) is 12.7. The summed E-state index contributed by atoms with van der Waals surface area (Å²) in [6.45, 7) is 6.05. The topological polar surface area (TPSA) is 66.8 Å². The number of ketones is 1. The van der Waals surface area contributed by atoms with Gasteiger partial charge in [-0.1, -0.05) is 54.6 Å². The molecule has 0 saturated carbocycles. The van der Waals surface area contributed by atoms with Crippen molar-refractivity contribution in [2.75, 3.05) is 4.90 Å². The van der Waals surface area contributed by atoms with Crippen molar-refractivity contribution in [1.29, 1.82) is 0 Å². The van der Waals surface area contributed by atoms with Gasteiger partial charge in [-0.2, -0.15) is 0 Å². The highest BCUT2D eigenvalue weighted by molar-refractivity contribution is 6.51. The quantitative estimate of drug-likeness (QED) is 0.169. The Kier molecular flexibility index (Phi) is 7.03. The Morgan fingerprint density at radius 3 is 2.26 bits per heavy atom. The molecule has 5 rings (SSSR count). The molecule has 0 bridgehead atoms. The van der Waals surface area contributed by atoms with E-state index in [0.717, 1.165) is 22.3 Å². The highest BCUT2D eigenvalue weighted by atomic mass is 19.1. The lowest BCUT2D eigenvalue weighted by Crippen LogP contribution is -2.30. The van der Waals surface area contributed by atoms with E-state index in [9.17, 15) is 14.7 Å². The summed E-state index contributed by atoms with van der Waals surface area (Å²) in [5.74, 6) is -2.03. The van der Waals surface area contributed by atoms with E-state index in [0.29, 0.717) is 23.6 Å². The van der Waals surface area contributed by atoms with Gasteiger partial charge in [0.1, 0.15) is 23.9 Å². The number of carbonyl (C=O) groups excluding carboxylic acids is 2. The van der Waals surface area contributed by atoms with Crippen molar-refractivity contribution in [2.24, 2.45) is 0 Å². The van der Waals surface area contributed by atoms with E-state index in [-0.39, 0.29) is 16.9 Å². The number of benzene rings is 4. The van der Waals surface area contributed by atoms with E-state index in [1.165, 1.54) is 17.0 Å². The maximum absolute atomic E-state index is 15.1. The molecule has 4 aromatic rings. The van der Waals surface area contributed by atoms with Crippen molar-refractivity contribution in [1.82, 2.24) is 0 Å². The second-order valence-electron chi connectivity index (χ2n) is 9.71. The van der Waals surface area contributed by atoms with Crippen LogP contribution in [0.15, 0.2) is 96.6 Å². The molecule has 1 heterocycles. The van der Waals surface area contributed by atoms with Gasteiger partial charge in [0, 0.05) is 16.8 Å². The van der Waals surface area contributed by atoms with Crippen molar-refractivity contribution in [3.8, 4) is 5.75 Å². The minimum Gasteiger partial charge on any atom is -0.507 e. The van der Waals surface area contributed by atoms with Crippen LogP contribution in [0.25, 0.3) is 5.76 Å². The third-order valence-electron chi connectivity index (χ3n) is 7.10. The number of aliphatic hydroxyl groups is 1. The van der Waals surface area contributed by atoms with Crippen LogP contribution in [0.1, 0.15) is 39.4 Å². The number of aryl methyl sites for hydroxylation is 3. The predicted octanol–water partition coefficient (Wildman–Crippen LogP) is 6.96. The molecular formula is C33H28FNO4. The highest BCUT2D eigenvalue weighted by Gasteiger charge is 2.47. The second kappa shape index (κ2) is 10.6. The van der Waals surface area contributed by atoms with Crippen LogP contribution in [0.2, 0.25) is 0 Å². The van der Waals surface area contributed by atoms with Gasteiger partial charge in [0.15, 0.2) is 0 Å². The zero-order valence-electron chi connectivity index (χ0n) is 21.9. The van der Waals surface area contributed by atoms with Gasteiger partial charge in [0.25, 0.3) is 11.7 Å². The fraction of sp³-hybridized carbons (Fsp3) is 0.152. The Labute approximate surface area is 226 Å². The maximum atomic E-state index is 15.1. The first-order valence-corrected chi connectivity index (χ1v) is 12.7. The molecule has 0 aromatic heterocycles. The Hall–Kier alpha value is -4.71. The molecule has 1 saturated heterocycles. The van der Waals surface area contributed by atoms with Crippen molar-refractivity contribution in [3.05, 3.63) is 136 Å². The fourth-order valence-corrected chi connectivity index (χ4v) is 4.81. The summed E-state index contributed by atoms with van der Waals surface area (Å²) >= 11 is 0. The van der Waals surface area contributed by atoms with Gasteiger partial charge in [-0.15, -0.1) is 0 Å². The monoisotopic (exact) mass is 521 g/mol. The van der Waals surface area contributed by atoms with Gasteiger partial charge >= 0.3 is 0 Å². The molecule has 1 amide bonds. The number of nitrogens with zero attached hydrogens (tertiary/aromatic N) is 1. The highest BCUT2D eigenvalue weighted by Crippen LogP contribution is 2.43. The molecular weight excluding hydrogens is 493 g/mol. The van der Waals surface area contributed by atoms with Crippen molar-refractivity contribution in [2.45, 2.75) is 33.4 Å². The summed E-state index contributed by atoms with van der Waals surface area (Å²) < 4.78 is 21.1. The number of carbonyl (C=O) groups is 2. The predicted molar refractivity (Wildman–Crippen MR) is 149 cm³/mol. The number of ether oxygens (including phenoxy) is 1. The molecule has 0 radical (unpaired) electrons. The number of amides is 1. The van der Waals surface area contributed by atoms with Crippen LogP contribution in [-0.4, -0.2) is 16.8 Å². The molecule has 1 aliphatic rings. The first kappa shape index (κ1) is 25.9. The summed E-state index contributed by atoms with van der Waals surface area (Å²) in [4.78, 5) is 28.0. The second-order valence-corrected chi connectivity index (χ2v) is 9.71. The van der Waals surface area contributed by atoms with E-state index in [2.05, 4.69) is 0 Å². The van der Waals surface area contributed by atoms with Crippen LogP contribution in [0.3, 0.4) is 0 Å². The van der Waals surface area contributed by atoms with E-state index in [1.54, 1.807) is 42.5 Å². The van der Waals surface area contributed by atoms with Crippen LogP contribution in [0, 0.1) is 26.6 Å². The third-order valence-corrected chi connectivity index (χ3v) is 7.10. The first-order chi connectivity index (χ1) is 18.8. The lowest BCUT2D eigenvalue weighted by molar-refractivity contribution is -0.132. The van der Waals surface area contributed by atoms with Crippen molar-refractivity contribution >= 4 is 23.1 Å². The average molecular weight is 522 g/mol. The van der Waals surface area contributed by atoms with Gasteiger partial charge in [0.05, 0.1) is 11.6 Å². The van der Waals surface area contributed by atoms with Gasteiger partial charge in [-0.25, -0.2) is 4.39 Å². The molecule has 5 nitrogen and oxygen atoms in total. The van der Waals surface area contributed by atoms with Gasteiger partial charge < -0.3 is 9.84 Å². The van der Waals surface area contributed by atoms with Gasteiger partial charge in [-0.3, -0.25) is 14.5 Å². The molecule has 1 atom stereocenters. The zero-order valence-corrected chi connectivity index (χ0v) is 21.9. The Morgan fingerprint density at radius 2 is 1.56 bits per heavy atom. The number of halogens is 1. The Morgan fingerprint density at radius 1 is 0.846 bits per heavy atom. The Bertz CT molecular complexity index is 1610. The molecule has 39 heavy (non-hydrogen) atoms. The number of hydrogen-bond acceptors (Lipinski definition) is 4. The maximum Gasteiger partial charge on any atom is 0.300 e. The van der Waals surface area contributed by atoms with Crippen LogP contribution in [-0.2, 0) is 16.2 Å². The summed E-state index contributed by atoms with van der Waals surface area (Å²) in [6, 6.07) is 25.0. The summed E-state index contributed by atoms with van der Waals surface area (Å²) in [6.07, 6.45) is 0. The molecule has 1 unspecified atom stereocenters. The number of Topliss-reactive ketones (excluding diaryl/α,β-unsaturated/α-hetero) is 1. The average Bonchev–Trinajstić information content (AvgIpc) is 3.19. The molecule has 1 aliphatic heterocycles. The number of anilines is 1. The number of hydrogen-bond donors (Lipinski definition) is 1. The molecule has 1 fully saturated rings. The molecule has 1 N–H and O–H groups in total. The van der Waals surface area contributed by atoms with E-state index in [1.807, 2.05) is 57.2 Å². The van der Waals surface area contributed by atoms with Crippen LogP contribution in [0.4, 0.5) is 10.1 Å². The van der Waals surface area contributed by atoms with Crippen LogP contribution < -0.4 is 9.64 Å². The minimum atomic E-state index is -1.14. The van der Waals surface area contributed by atoms with E-state index >= 15 is 4.39 Å². The zero-order chi connectivity index (χ0) is 27.7. The standard InChI is InChI=1S/C33H28FNO4/c1-20-13-15-25(18-21(20)2)35-30(26-11-7-8-12-27(26)34)29(32(37)33(35)38)31(36)24-14-16-28(22(3)17-24)39-19-23-9-5-4-6-10-23/h4-18,30,36H,19H2,1-3H3/b31-29+. The Balaban J connectivity index is 1.58. The molecule has 6 heteroatoms. The van der Waals surface area contributed by atoms with Crippen molar-refractivity contribution in [3.63, 3.8) is 0 Å². The number of rotatable bonds is 6. The normalized spacial score (nSPS) is 16.5. The lowest BCUT2D eigenvalue weighted by atomic mass is 9.94. The van der Waals surface area contributed by atoms with Crippen LogP contribution >= 0.6 is 0 Å². The summed E-state index contributed by atoms with van der Waals surface area (Å²) in [7, 11) is 0. The lowest BCUT2D eigenvalue weighted by Gasteiger charge is -2.26. The minimum absolute atomic E-state index is 0.121. The molecule has 4 aromatic carbocycles. The van der Waals surface area contributed by atoms with Gasteiger partial charge in [0.2, 0.25) is 0 Å². The van der Waals surface area contributed by atoms with Crippen LogP contribution in [0.5, 0.6) is 5.75 Å². The summed E-state index contributed by atoms with van der Waals surface area (Å²) in [5.41, 5.74) is 4.43. The van der Waals surface area contributed by atoms with Crippen molar-refractivity contribution < 1.29 is 23.8 Å². The fourth-order valence-electron chi connectivity index (χ4n) is 4.81. The molecule has 0 spiro atoms. The van der Waals surface area contributed by atoms with E-state index in [4.69, 9.17) is 4.74 Å². The summed E-state index contributed by atoms with van der Waals surface area (Å²) in [5, 5.41) is 11.4. The van der Waals surface area contributed by atoms with Gasteiger partial charge in [-0.05, 0) is 79.4 Å². The largest absolute Gasteiger partial charge is 0.507 e. The molecule has 196 valence electrons. The number of aliphatic hydroxyl groups excluding tert-OH is 1. The SMILES string of the molecule is Cc1ccc(N2C(=O)C(=O)/C(=C(/O)c3ccc(OCc4ccccc4)c(C)c3)C2c2ccccc2F)cc1C. The van der Waals surface area contributed by atoms with E-state index < -0.39 is 23.5 Å². The third kappa shape index (κ3) is 4.93.